The summed E-state index contributed by atoms with van der Waals surface area (Å²) in [5, 5.41) is 9.62. The van der Waals surface area contributed by atoms with Crippen LogP contribution in [0.1, 0.15) is 26.7 Å². The fourth-order valence-corrected chi connectivity index (χ4v) is 1.51. The zero-order valence-electron chi connectivity index (χ0n) is 7.09. The molecule has 10 heavy (non-hydrogen) atoms. The van der Waals surface area contributed by atoms with Crippen LogP contribution in [0, 0.1) is 0 Å². The second kappa shape index (κ2) is 2.51. The van der Waals surface area contributed by atoms with E-state index in [-0.39, 0.29) is 0 Å². The summed E-state index contributed by atoms with van der Waals surface area (Å²) in [7, 11) is 2.07. The average Bonchev–Trinajstić information content (AvgIpc) is 1.79. The van der Waals surface area contributed by atoms with Crippen LogP contribution in [0.3, 0.4) is 0 Å². The average molecular weight is 143 g/mol. The minimum absolute atomic E-state index is 0.443. The first-order valence-corrected chi connectivity index (χ1v) is 3.94. The van der Waals surface area contributed by atoms with Crippen molar-refractivity contribution in [1.82, 2.24) is 4.90 Å². The standard InChI is InChI=1S/C8H17NO/c1-7-4-5-8(2,10)6-9(7)3/h7,10H,4-6H2,1-3H3. The smallest absolute Gasteiger partial charge is 0.0746 e. The lowest BCUT2D eigenvalue weighted by Crippen LogP contribution is -2.48. The summed E-state index contributed by atoms with van der Waals surface area (Å²) in [5.74, 6) is 0. The molecule has 0 radical (unpaired) electrons. The van der Waals surface area contributed by atoms with E-state index in [1.54, 1.807) is 0 Å². The van der Waals surface area contributed by atoms with Gasteiger partial charge < -0.3 is 10.0 Å². The number of likely N-dealkylation sites (N-methyl/N-ethyl adjacent to an activating group) is 1. The first-order chi connectivity index (χ1) is 4.51. The number of piperidine rings is 1. The minimum atomic E-state index is -0.443. The van der Waals surface area contributed by atoms with Crippen LogP contribution in [0.5, 0.6) is 0 Å². The molecule has 0 saturated carbocycles. The Bertz CT molecular complexity index is 122. The molecule has 60 valence electrons. The van der Waals surface area contributed by atoms with Crippen molar-refractivity contribution in [1.29, 1.82) is 0 Å². The Morgan fingerprint density at radius 1 is 1.60 bits per heavy atom. The van der Waals surface area contributed by atoms with Crippen LogP contribution in [-0.2, 0) is 0 Å². The monoisotopic (exact) mass is 143 g/mol. The van der Waals surface area contributed by atoms with Crippen molar-refractivity contribution in [3.05, 3.63) is 0 Å². The predicted molar refractivity (Wildman–Crippen MR) is 41.9 cm³/mol. The highest BCUT2D eigenvalue weighted by Gasteiger charge is 2.29. The molecule has 2 nitrogen and oxygen atoms in total. The van der Waals surface area contributed by atoms with Crippen LogP contribution in [0.25, 0.3) is 0 Å². The maximum absolute atomic E-state index is 9.62. The predicted octanol–water partition coefficient (Wildman–Crippen LogP) is 0.851. The molecule has 1 rings (SSSR count). The van der Waals surface area contributed by atoms with E-state index >= 15 is 0 Å². The maximum atomic E-state index is 9.62. The van der Waals surface area contributed by atoms with Crippen LogP contribution in [0.15, 0.2) is 0 Å². The van der Waals surface area contributed by atoms with Crippen LogP contribution >= 0.6 is 0 Å². The topological polar surface area (TPSA) is 23.5 Å². The summed E-state index contributed by atoms with van der Waals surface area (Å²) in [6.45, 7) is 4.93. The van der Waals surface area contributed by atoms with Gasteiger partial charge in [0.05, 0.1) is 5.60 Å². The fraction of sp³-hybridized carbons (Fsp3) is 1.00. The van der Waals surface area contributed by atoms with E-state index in [0.29, 0.717) is 6.04 Å². The van der Waals surface area contributed by atoms with Gasteiger partial charge in [-0.25, -0.2) is 0 Å². The highest BCUT2D eigenvalue weighted by atomic mass is 16.3. The maximum Gasteiger partial charge on any atom is 0.0746 e. The zero-order chi connectivity index (χ0) is 7.78. The van der Waals surface area contributed by atoms with E-state index in [1.165, 1.54) is 0 Å². The molecule has 1 saturated heterocycles. The number of nitrogens with zero attached hydrogens (tertiary/aromatic N) is 1. The van der Waals surface area contributed by atoms with Crippen molar-refractivity contribution >= 4 is 0 Å². The van der Waals surface area contributed by atoms with Gasteiger partial charge in [0, 0.05) is 12.6 Å². The highest BCUT2D eigenvalue weighted by Crippen LogP contribution is 2.22. The van der Waals surface area contributed by atoms with Gasteiger partial charge in [-0.1, -0.05) is 0 Å². The summed E-state index contributed by atoms with van der Waals surface area (Å²) in [4.78, 5) is 2.21. The van der Waals surface area contributed by atoms with Gasteiger partial charge in [-0.05, 0) is 33.7 Å². The van der Waals surface area contributed by atoms with Crippen molar-refractivity contribution in [2.75, 3.05) is 13.6 Å². The van der Waals surface area contributed by atoms with Gasteiger partial charge in [0.1, 0.15) is 0 Å². The second-order valence-electron chi connectivity index (χ2n) is 3.80. The van der Waals surface area contributed by atoms with Crippen LogP contribution < -0.4 is 0 Å². The Balaban J connectivity index is 2.49. The molecule has 0 aromatic heterocycles. The molecule has 0 aromatic carbocycles. The Morgan fingerprint density at radius 2 is 2.20 bits per heavy atom. The first-order valence-electron chi connectivity index (χ1n) is 3.94. The Morgan fingerprint density at radius 3 is 2.60 bits per heavy atom. The van der Waals surface area contributed by atoms with Crippen molar-refractivity contribution in [3.8, 4) is 0 Å². The molecule has 0 aromatic rings. The molecule has 1 aliphatic heterocycles. The molecule has 0 spiro atoms. The van der Waals surface area contributed by atoms with Crippen LogP contribution in [-0.4, -0.2) is 35.2 Å². The number of likely N-dealkylation sites (tertiary alicyclic amines) is 1. The van der Waals surface area contributed by atoms with Gasteiger partial charge in [-0.3, -0.25) is 0 Å². The quantitative estimate of drug-likeness (QED) is 0.543. The molecule has 0 amide bonds. The Hall–Kier alpha value is -0.0800. The Labute approximate surface area is 62.8 Å². The lowest BCUT2D eigenvalue weighted by atomic mass is 9.91. The molecule has 2 heteroatoms. The van der Waals surface area contributed by atoms with Gasteiger partial charge in [-0.15, -0.1) is 0 Å². The molecule has 1 aliphatic rings. The normalized spacial score (nSPS) is 43.8. The molecule has 2 unspecified atom stereocenters. The number of hydrogen-bond donors (Lipinski definition) is 1. The number of rotatable bonds is 0. The first kappa shape index (κ1) is 8.02. The van der Waals surface area contributed by atoms with Gasteiger partial charge in [-0.2, -0.15) is 0 Å². The summed E-state index contributed by atoms with van der Waals surface area (Å²) < 4.78 is 0. The van der Waals surface area contributed by atoms with Crippen LogP contribution in [0.4, 0.5) is 0 Å². The van der Waals surface area contributed by atoms with Gasteiger partial charge in [0.25, 0.3) is 0 Å². The van der Waals surface area contributed by atoms with E-state index in [9.17, 15) is 5.11 Å². The summed E-state index contributed by atoms with van der Waals surface area (Å²) in [6, 6.07) is 0.639. The van der Waals surface area contributed by atoms with Crippen molar-refractivity contribution in [2.45, 2.75) is 38.3 Å². The number of aliphatic hydroxyl groups is 1. The zero-order valence-corrected chi connectivity index (χ0v) is 7.09. The van der Waals surface area contributed by atoms with Gasteiger partial charge in [0.2, 0.25) is 0 Å². The fourth-order valence-electron chi connectivity index (χ4n) is 1.51. The largest absolute Gasteiger partial charge is 0.389 e. The summed E-state index contributed by atoms with van der Waals surface area (Å²) in [5.41, 5.74) is -0.443. The number of hydrogen-bond acceptors (Lipinski definition) is 2. The van der Waals surface area contributed by atoms with Crippen molar-refractivity contribution in [2.24, 2.45) is 0 Å². The highest BCUT2D eigenvalue weighted by molar-refractivity contribution is 4.84. The number of β-amino-alcohol motifs (C(OH)–C–C–N with tert-alkyl or cyclic N) is 1. The van der Waals surface area contributed by atoms with E-state index in [1.807, 2.05) is 6.92 Å². The third-order valence-corrected chi connectivity index (χ3v) is 2.44. The van der Waals surface area contributed by atoms with E-state index < -0.39 is 5.60 Å². The molecular formula is C8H17NO. The SMILES string of the molecule is CC1CCC(C)(O)CN1C. The lowest BCUT2D eigenvalue weighted by molar-refractivity contribution is -0.0250. The van der Waals surface area contributed by atoms with Gasteiger partial charge >= 0.3 is 0 Å². The lowest BCUT2D eigenvalue weighted by Gasteiger charge is -2.39. The molecule has 1 N–H and O–H groups in total. The molecular weight excluding hydrogens is 126 g/mol. The van der Waals surface area contributed by atoms with Crippen molar-refractivity contribution < 1.29 is 5.11 Å². The molecule has 0 aliphatic carbocycles. The van der Waals surface area contributed by atoms with Gasteiger partial charge in [0.15, 0.2) is 0 Å². The summed E-state index contributed by atoms with van der Waals surface area (Å²) in [6.07, 6.45) is 2.06. The summed E-state index contributed by atoms with van der Waals surface area (Å²) >= 11 is 0. The molecule has 2 atom stereocenters. The molecule has 0 bridgehead atoms. The van der Waals surface area contributed by atoms with E-state index in [4.69, 9.17) is 0 Å². The third-order valence-electron chi connectivity index (χ3n) is 2.44. The van der Waals surface area contributed by atoms with E-state index in [2.05, 4.69) is 18.9 Å². The molecule has 1 heterocycles. The third kappa shape index (κ3) is 1.70. The van der Waals surface area contributed by atoms with Crippen LogP contribution in [0.2, 0.25) is 0 Å². The Kier molecular flexibility index (Phi) is 2.02. The second-order valence-corrected chi connectivity index (χ2v) is 3.80. The minimum Gasteiger partial charge on any atom is -0.389 e. The van der Waals surface area contributed by atoms with Crippen molar-refractivity contribution in [3.63, 3.8) is 0 Å². The molecule has 1 fully saturated rings. The van der Waals surface area contributed by atoms with E-state index in [0.717, 1.165) is 19.4 Å².